The Morgan fingerprint density at radius 1 is 1.09 bits per heavy atom. The number of ketones is 1. The van der Waals surface area contributed by atoms with Gasteiger partial charge in [0, 0.05) is 30.0 Å². The Kier molecular flexibility index (Phi) is 8.31. The van der Waals surface area contributed by atoms with Crippen LogP contribution in [0.1, 0.15) is 26.7 Å². The third-order valence-electron chi connectivity index (χ3n) is 4.64. The second-order valence-corrected chi connectivity index (χ2v) is 7.71. The first-order valence-electron chi connectivity index (χ1n) is 10.5. The van der Waals surface area contributed by atoms with E-state index in [-0.39, 0.29) is 30.2 Å². The predicted molar refractivity (Wildman–Crippen MR) is 127 cm³/mol. The molecule has 2 amide bonds. The molecule has 0 saturated carbocycles. The van der Waals surface area contributed by atoms with E-state index in [0.717, 1.165) is 0 Å². The third kappa shape index (κ3) is 6.61. The Morgan fingerprint density at radius 2 is 1.88 bits per heavy atom. The molecule has 0 fully saturated rings. The molecule has 34 heavy (non-hydrogen) atoms. The van der Waals surface area contributed by atoms with Gasteiger partial charge in [-0.2, -0.15) is 0 Å². The zero-order valence-corrected chi connectivity index (χ0v) is 19.3. The fraction of sp³-hybridized carbons (Fsp3) is 0.261. The summed E-state index contributed by atoms with van der Waals surface area (Å²) in [5, 5.41) is 8.78. The van der Waals surface area contributed by atoms with Crippen molar-refractivity contribution in [1.82, 2.24) is 15.3 Å². The minimum atomic E-state index is -0.542. The zero-order valence-electron chi connectivity index (χ0n) is 18.6. The van der Waals surface area contributed by atoms with E-state index in [2.05, 4.69) is 25.9 Å². The molecule has 3 rings (SSSR count). The highest BCUT2D eigenvalue weighted by atomic mass is 35.5. The van der Waals surface area contributed by atoms with Crippen LogP contribution in [0.4, 0.5) is 21.6 Å². The molecule has 0 unspecified atom stereocenters. The summed E-state index contributed by atoms with van der Waals surface area (Å²) in [6, 6.07) is 7.48. The van der Waals surface area contributed by atoms with Gasteiger partial charge in [-0.15, -0.1) is 0 Å². The molecule has 0 saturated heterocycles. The smallest absolute Gasteiger partial charge is 0.243 e. The largest absolute Gasteiger partial charge is 0.492 e. The number of aromatic nitrogens is 2. The Morgan fingerprint density at radius 3 is 2.59 bits per heavy atom. The van der Waals surface area contributed by atoms with Crippen LogP contribution in [0, 0.1) is 5.82 Å². The molecule has 3 aromatic rings. The molecule has 1 heterocycles. The summed E-state index contributed by atoms with van der Waals surface area (Å²) in [6.45, 7) is 3.27. The number of rotatable bonds is 10. The molecule has 1 aromatic heterocycles. The molecule has 11 heteroatoms. The first-order valence-corrected chi connectivity index (χ1v) is 10.8. The maximum Gasteiger partial charge on any atom is 0.243 e. The minimum Gasteiger partial charge on any atom is -0.492 e. The third-order valence-corrected chi connectivity index (χ3v) is 4.93. The molecule has 0 spiro atoms. The molecule has 2 aromatic carbocycles. The van der Waals surface area contributed by atoms with Crippen molar-refractivity contribution in [2.45, 2.75) is 26.7 Å². The van der Waals surface area contributed by atoms with Crippen LogP contribution in [0.5, 0.6) is 5.75 Å². The Hall–Kier alpha value is -3.79. The van der Waals surface area contributed by atoms with Gasteiger partial charge in [-0.25, -0.2) is 14.4 Å². The van der Waals surface area contributed by atoms with Crippen molar-refractivity contribution in [3.63, 3.8) is 0 Å². The molecule has 3 N–H and O–H groups in total. The van der Waals surface area contributed by atoms with Crippen molar-refractivity contribution < 1.29 is 23.5 Å². The van der Waals surface area contributed by atoms with Crippen LogP contribution in [0.2, 0.25) is 5.02 Å². The molecule has 0 atom stereocenters. The molecule has 178 valence electrons. The molecule has 9 nitrogen and oxygen atoms in total. The van der Waals surface area contributed by atoms with Crippen molar-refractivity contribution in [3.8, 4) is 5.75 Å². The quantitative estimate of drug-likeness (QED) is 0.395. The number of fused-ring (bicyclic) bond motifs is 1. The Labute approximate surface area is 200 Å². The van der Waals surface area contributed by atoms with Gasteiger partial charge in [0.2, 0.25) is 11.8 Å². The van der Waals surface area contributed by atoms with Crippen molar-refractivity contribution in [1.29, 1.82) is 0 Å². The van der Waals surface area contributed by atoms with Gasteiger partial charge in [-0.3, -0.25) is 9.59 Å². The molecule has 0 radical (unpaired) electrons. The summed E-state index contributed by atoms with van der Waals surface area (Å²) < 4.78 is 19.1. The lowest BCUT2D eigenvalue weighted by Gasteiger charge is -2.15. The average molecular weight is 488 g/mol. The van der Waals surface area contributed by atoms with Crippen LogP contribution in [0.3, 0.4) is 0 Å². The van der Waals surface area contributed by atoms with E-state index < -0.39 is 17.6 Å². The number of benzene rings is 2. The first kappa shape index (κ1) is 24.8. The number of carbonyl (C=O) groups is 3. The molecule has 0 aliphatic rings. The van der Waals surface area contributed by atoms with Gasteiger partial charge < -0.3 is 25.5 Å². The highest BCUT2D eigenvalue weighted by Crippen LogP contribution is 2.33. The zero-order chi connectivity index (χ0) is 24.7. The predicted octanol–water partition coefficient (Wildman–Crippen LogP) is 3.99. The molecule has 0 bridgehead atoms. The first-order chi connectivity index (χ1) is 16.3. The van der Waals surface area contributed by atoms with Crippen LogP contribution >= 0.6 is 11.6 Å². The number of anilines is 3. The van der Waals surface area contributed by atoms with Crippen molar-refractivity contribution in [2.24, 2.45) is 0 Å². The van der Waals surface area contributed by atoms with E-state index in [1.54, 1.807) is 19.1 Å². The number of Topliss-reactive ketones (excluding diaryl/α,β-unsaturated/α-hetero) is 1. The van der Waals surface area contributed by atoms with E-state index >= 15 is 0 Å². The topological polar surface area (TPSA) is 122 Å². The number of hydrogen-bond donors (Lipinski definition) is 3. The lowest BCUT2D eigenvalue weighted by Crippen LogP contribution is -2.33. The van der Waals surface area contributed by atoms with Gasteiger partial charge >= 0.3 is 0 Å². The van der Waals surface area contributed by atoms with Gasteiger partial charge in [0.1, 0.15) is 29.5 Å². The van der Waals surface area contributed by atoms with Crippen LogP contribution in [0.15, 0.2) is 36.7 Å². The van der Waals surface area contributed by atoms with E-state index in [4.69, 9.17) is 16.3 Å². The van der Waals surface area contributed by atoms with Crippen LogP contribution in [0.25, 0.3) is 10.9 Å². The number of hydrogen-bond acceptors (Lipinski definition) is 7. The maximum atomic E-state index is 13.5. The number of amides is 2. The number of carbonyl (C=O) groups excluding carboxylic acids is 3. The molecule has 0 aliphatic carbocycles. The summed E-state index contributed by atoms with van der Waals surface area (Å²) in [6.07, 6.45) is 1.49. The summed E-state index contributed by atoms with van der Waals surface area (Å²) in [4.78, 5) is 43.7. The highest BCUT2D eigenvalue weighted by molar-refractivity contribution is 6.31. The van der Waals surface area contributed by atoms with E-state index in [9.17, 15) is 18.8 Å². The Bertz CT molecular complexity index is 1240. The fourth-order valence-electron chi connectivity index (χ4n) is 3.02. The summed E-state index contributed by atoms with van der Waals surface area (Å²) in [5.41, 5.74) is 1.41. The second kappa shape index (κ2) is 11.4. The SMILES string of the molecule is CCOc1cc2ncnc(Nc3ccc(F)c(Cl)c3)c2cc1NC(=O)CNC(=O)CCC(C)=O. The Balaban J connectivity index is 1.83. The van der Waals surface area contributed by atoms with Gasteiger partial charge in [0.15, 0.2) is 0 Å². The van der Waals surface area contributed by atoms with Gasteiger partial charge in [-0.1, -0.05) is 11.6 Å². The maximum absolute atomic E-state index is 13.5. The average Bonchev–Trinajstić information content (AvgIpc) is 2.79. The molecular formula is C23H23ClFN5O4. The lowest BCUT2D eigenvalue weighted by atomic mass is 10.1. The van der Waals surface area contributed by atoms with Gasteiger partial charge in [-0.05, 0) is 38.1 Å². The number of ether oxygens (including phenoxy) is 1. The van der Waals surface area contributed by atoms with Crippen molar-refractivity contribution in [3.05, 3.63) is 47.5 Å². The van der Waals surface area contributed by atoms with Crippen molar-refractivity contribution in [2.75, 3.05) is 23.8 Å². The van der Waals surface area contributed by atoms with Gasteiger partial charge in [0.25, 0.3) is 0 Å². The standard InChI is InChI=1S/C23H23ClFN5O4/c1-3-34-20-10-18-15(9-19(20)30-22(33)11-26-21(32)7-4-13(2)31)23(28-12-27-18)29-14-5-6-17(25)16(24)8-14/h5-6,8-10,12H,3-4,7,11H2,1-2H3,(H,26,32)(H,30,33)(H,27,28,29). The van der Waals surface area contributed by atoms with E-state index in [0.29, 0.717) is 40.5 Å². The lowest BCUT2D eigenvalue weighted by molar-refractivity contribution is -0.126. The van der Waals surface area contributed by atoms with Gasteiger partial charge in [0.05, 0.1) is 29.4 Å². The van der Waals surface area contributed by atoms with Crippen LogP contribution in [-0.2, 0) is 14.4 Å². The summed E-state index contributed by atoms with van der Waals surface area (Å²) >= 11 is 5.87. The summed E-state index contributed by atoms with van der Waals surface area (Å²) in [5.74, 6) is -0.726. The molecule has 0 aliphatic heterocycles. The van der Waals surface area contributed by atoms with Crippen molar-refractivity contribution >= 4 is 57.3 Å². The normalized spacial score (nSPS) is 10.6. The monoisotopic (exact) mass is 487 g/mol. The molecular weight excluding hydrogens is 465 g/mol. The second-order valence-electron chi connectivity index (χ2n) is 7.30. The van der Waals surface area contributed by atoms with Crippen LogP contribution < -0.4 is 20.7 Å². The van der Waals surface area contributed by atoms with Crippen LogP contribution in [-0.4, -0.2) is 40.7 Å². The number of nitrogens with zero attached hydrogens (tertiary/aromatic N) is 2. The van der Waals surface area contributed by atoms with E-state index in [1.807, 2.05) is 0 Å². The van der Waals surface area contributed by atoms with E-state index in [1.165, 1.54) is 31.5 Å². The highest BCUT2D eigenvalue weighted by Gasteiger charge is 2.15. The fourth-order valence-corrected chi connectivity index (χ4v) is 3.20. The minimum absolute atomic E-state index is 0.0164. The number of halogens is 2. The summed E-state index contributed by atoms with van der Waals surface area (Å²) in [7, 11) is 0. The number of nitrogens with one attached hydrogen (secondary N) is 3.